The highest BCUT2D eigenvalue weighted by molar-refractivity contribution is 6.01. The third-order valence-corrected chi connectivity index (χ3v) is 2.84. The molecule has 0 unspecified atom stereocenters. The van der Waals surface area contributed by atoms with Crippen LogP contribution >= 0.6 is 0 Å². The standard InChI is InChI=1S/C15H14N2O4/c1-9-6-7-11(13(19)8-9)15(21)17-16-14(20)10-4-2-3-5-12(10)18/h2-8,18-19H,1H3,(H,16,20)(H,17,21). The number of para-hydroxylation sites is 1. The zero-order valence-electron chi connectivity index (χ0n) is 11.3. The Morgan fingerprint density at radius 1 is 0.857 bits per heavy atom. The minimum Gasteiger partial charge on any atom is -0.507 e. The summed E-state index contributed by atoms with van der Waals surface area (Å²) >= 11 is 0. The summed E-state index contributed by atoms with van der Waals surface area (Å²) in [5.41, 5.74) is 5.23. The molecule has 0 bridgehead atoms. The van der Waals surface area contributed by atoms with Gasteiger partial charge in [0, 0.05) is 0 Å². The molecule has 0 aliphatic rings. The average molecular weight is 286 g/mol. The van der Waals surface area contributed by atoms with Crippen LogP contribution in [0.25, 0.3) is 0 Å². The molecule has 4 N–H and O–H groups in total. The molecule has 2 aromatic carbocycles. The van der Waals surface area contributed by atoms with Crippen LogP contribution in [0.1, 0.15) is 26.3 Å². The van der Waals surface area contributed by atoms with E-state index in [9.17, 15) is 19.8 Å². The minimum absolute atomic E-state index is 0.0333. The average Bonchev–Trinajstić information content (AvgIpc) is 2.45. The molecule has 6 nitrogen and oxygen atoms in total. The quantitative estimate of drug-likeness (QED) is 0.628. The van der Waals surface area contributed by atoms with E-state index < -0.39 is 11.8 Å². The van der Waals surface area contributed by atoms with Crippen molar-refractivity contribution in [1.82, 2.24) is 10.9 Å². The number of carbonyl (C=O) groups excluding carboxylic acids is 2. The second kappa shape index (κ2) is 5.96. The molecular weight excluding hydrogens is 272 g/mol. The number of nitrogens with one attached hydrogen (secondary N) is 2. The second-order valence-corrected chi connectivity index (χ2v) is 4.45. The van der Waals surface area contributed by atoms with Gasteiger partial charge in [-0.3, -0.25) is 20.4 Å². The first-order valence-electron chi connectivity index (χ1n) is 6.17. The van der Waals surface area contributed by atoms with Crippen LogP contribution < -0.4 is 10.9 Å². The maximum atomic E-state index is 11.8. The normalized spacial score (nSPS) is 9.95. The Morgan fingerprint density at radius 3 is 2.00 bits per heavy atom. The lowest BCUT2D eigenvalue weighted by Crippen LogP contribution is -2.41. The topological polar surface area (TPSA) is 98.7 Å². The van der Waals surface area contributed by atoms with Crippen molar-refractivity contribution < 1.29 is 19.8 Å². The molecule has 0 spiro atoms. The van der Waals surface area contributed by atoms with Gasteiger partial charge in [0.25, 0.3) is 11.8 Å². The highest BCUT2D eigenvalue weighted by atomic mass is 16.3. The van der Waals surface area contributed by atoms with Gasteiger partial charge in [0.2, 0.25) is 0 Å². The largest absolute Gasteiger partial charge is 0.507 e. The highest BCUT2D eigenvalue weighted by Crippen LogP contribution is 2.18. The minimum atomic E-state index is -0.659. The van der Waals surface area contributed by atoms with E-state index >= 15 is 0 Å². The van der Waals surface area contributed by atoms with Gasteiger partial charge in [0.1, 0.15) is 11.5 Å². The van der Waals surface area contributed by atoms with Crippen molar-refractivity contribution in [3.05, 3.63) is 59.2 Å². The van der Waals surface area contributed by atoms with Crippen LogP contribution in [0.4, 0.5) is 0 Å². The van der Waals surface area contributed by atoms with Crippen LogP contribution in [0.5, 0.6) is 11.5 Å². The van der Waals surface area contributed by atoms with Crippen molar-refractivity contribution >= 4 is 11.8 Å². The van der Waals surface area contributed by atoms with E-state index in [4.69, 9.17) is 0 Å². The summed E-state index contributed by atoms with van der Waals surface area (Å²) in [4.78, 5) is 23.6. The molecule has 6 heteroatoms. The number of amides is 2. The van der Waals surface area contributed by atoms with Crippen LogP contribution in [0.2, 0.25) is 0 Å². The number of aryl methyl sites for hydroxylation is 1. The SMILES string of the molecule is Cc1ccc(C(=O)NNC(=O)c2ccccc2O)c(O)c1. The molecule has 2 amide bonds. The number of carbonyl (C=O) groups is 2. The predicted octanol–water partition coefficient (Wildman–Crippen LogP) is 1.48. The van der Waals surface area contributed by atoms with Gasteiger partial charge in [-0.1, -0.05) is 18.2 Å². The number of hydrazine groups is 1. The molecule has 0 radical (unpaired) electrons. The first-order chi connectivity index (χ1) is 9.99. The number of aromatic hydroxyl groups is 2. The fraction of sp³-hybridized carbons (Fsp3) is 0.0667. The molecule has 0 aromatic heterocycles. The smallest absolute Gasteiger partial charge is 0.273 e. The van der Waals surface area contributed by atoms with Crippen LogP contribution in [0, 0.1) is 6.92 Å². The lowest BCUT2D eigenvalue weighted by molar-refractivity contribution is 0.0843. The van der Waals surface area contributed by atoms with Gasteiger partial charge in [0.05, 0.1) is 11.1 Å². The van der Waals surface area contributed by atoms with E-state index in [1.165, 1.54) is 24.3 Å². The third-order valence-electron chi connectivity index (χ3n) is 2.84. The lowest BCUT2D eigenvalue weighted by atomic mass is 10.1. The van der Waals surface area contributed by atoms with Crippen molar-refractivity contribution in [3.8, 4) is 11.5 Å². The molecular formula is C15H14N2O4. The molecule has 0 saturated heterocycles. The van der Waals surface area contributed by atoms with Crippen LogP contribution in [0.3, 0.4) is 0 Å². The van der Waals surface area contributed by atoms with Gasteiger partial charge < -0.3 is 10.2 Å². The van der Waals surface area contributed by atoms with E-state index in [0.717, 1.165) is 5.56 Å². The first kappa shape index (κ1) is 14.4. The summed E-state index contributed by atoms with van der Waals surface area (Å²) in [6, 6.07) is 10.5. The number of benzene rings is 2. The zero-order valence-corrected chi connectivity index (χ0v) is 11.3. The number of phenols is 2. The van der Waals surface area contributed by atoms with Gasteiger partial charge in [-0.05, 0) is 36.8 Å². The molecule has 2 rings (SSSR count). The third kappa shape index (κ3) is 3.30. The summed E-state index contributed by atoms with van der Waals surface area (Å²) in [5, 5.41) is 19.2. The fourth-order valence-electron chi connectivity index (χ4n) is 1.75. The summed E-state index contributed by atoms with van der Waals surface area (Å²) in [6.45, 7) is 1.78. The Morgan fingerprint density at radius 2 is 1.43 bits per heavy atom. The molecule has 21 heavy (non-hydrogen) atoms. The summed E-state index contributed by atoms with van der Waals surface area (Å²) in [6.07, 6.45) is 0. The van der Waals surface area contributed by atoms with E-state index in [0.29, 0.717) is 0 Å². The van der Waals surface area contributed by atoms with Crippen LogP contribution in [-0.4, -0.2) is 22.0 Å². The lowest BCUT2D eigenvalue weighted by Gasteiger charge is -2.09. The van der Waals surface area contributed by atoms with E-state index in [1.54, 1.807) is 25.1 Å². The molecule has 0 aliphatic heterocycles. The first-order valence-corrected chi connectivity index (χ1v) is 6.17. The molecule has 0 saturated carbocycles. The van der Waals surface area contributed by atoms with Gasteiger partial charge in [0.15, 0.2) is 0 Å². The number of hydrogen-bond acceptors (Lipinski definition) is 4. The summed E-state index contributed by atoms with van der Waals surface area (Å²) in [5.74, 6) is -1.68. The van der Waals surface area contributed by atoms with Crippen molar-refractivity contribution in [2.75, 3.05) is 0 Å². The Kier molecular flexibility index (Phi) is 4.08. The van der Waals surface area contributed by atoms with Gasteiger partial charge in [-0.25, -0.2) is 0 Å². The maximum Gasteiger partial charge on any atom is 0.273 e. The highest BCUT2D eigenvalue weighted by Gasteiger charge is 2.14. The molecule has 0 heterocycles. The predicted molar refractivity (Wildman–Crippen MR) is 75.9 cm³/mol. The van der Waals surface area contributed by atoms with Gasteiger partial charge >= 0.3 is 0 Å². The Bertz CT molecular complexity index is 698. The Labute approximate surface area is 121 Å². The molecule has 0 aliphatic carbocycles. The summed E-state index contributed by atoms with van der Waals surface area (Å²) < 4.78 is 0. The molecule has 0 atom stereocenters. The maximum absolute atomic E-state index is 11.8. The Balaban J connectivity index is 2.04. The van der Waals surface area contributed by atoms with E-state index in [-0.39, 0.29) is 22.6 Å². The van der Waals surface area contributed by atoms with Crippen molar-refractivity contribution in [2.24, 2.45) is 0 Å². The second-order valence-electron chi connectivity index (χ2n) is 4.45. The van der Waals surface area contributed by atoms with Crippen LogP contribution in [-0.2, 0) is 0 Å². The summed E-state index contributed by atoms with van der Waals surface area (Å²) in [7, 11) is 0. The fourth-order valence-corrected chi connectivity index (χ4v) is 1.75. The van der Waals surface area contributed by atoms with Gasteiger partial charge in [-0.2, -0.15) is 0 Å². The molecule has 0 fully saturated rings. The Hall–Kier alpha value is -3.02. The van der Waals surface area contributed by atoms with E-state index in [2.05, 4.69) is 10.9 Å². The molecule has 108 valence electrons. The van der Waals surface area contributed by atoms with Crippen molar-refractivity contribution in [3.63, 3.8) is 0 Å². The number of phenolic OH excluding ortho intramolecular Hbond substituents is 2. The van der Waals surface area contributed by atoms with Crippen molar-refractivity contribution in [1.29, 1.82) is 0 Å². The van der Waals surface area contributed by atoms with Crippen molar-refractivity contribution in [2.45, 2.75) is 6.92 Å². The monoisotopic (exact) mass is 286 g/mol. The molecule has 2 aromatic rings. The zero-order chi connectivity index (χ0) is 15.4. The number of rotatable bonds is 2. The van der Waals surface area contributed by atoms with Crippen LogP contribution in [0.15, 0.2) is 42.5 Å². The number of hydrogen-bond donors (Lipinski definition) is 4. The van der Waals surface area contributed by atoms with E-state index in [1.807, 2.05) is 0 Å². The van der Waals surface area contributed by atoms with Gasteiger partial charge in [-0.15, -0.1) is 0 Å².